The molecule has 0 radical (unpaired) electrons. The monoisotopic (exact) mass is 353 g/mol. The van der Waals surface area contributed by atoms with Crippen molar-refractivity contribution >= 4 is 11.9 Å². The van der Waals surface area contributed by atoms with E-state index in [0.29, 0.717) is 6.54 Å². The molecule has 2 aromatic rings. The lowest BCUT2D eigenvalue weighted by atomic mass is 9.94. The van der Waals surface area contributed by atoms with Crippen LogP contribution in [-0.4, -0.2) is 18.5 Å². The SMILES string of the molecule is CCNC(=O)NC(=O)[C@H](N[C@H](c1ccccc1)C(C)C)c1ccccc1. The molecule has 0 saturated heterocycles. The fraction of sp³-hybridized carbons (Fsp3) is 0.333. The van der Waals surface area contributed by atoms with Crippen molar-refractivity contribution in [2.75, 3.05) is 6.54 Å². The van der Waals surface area contributed by atoms with Gasteiger partial charge in [-0.05, 0) is 24.0 Å². The van der Waals surface area contributed by atoms with E-state index in [9.17, 15) is 9.59 Å². The van der Waals surface area contributed by atoms with Crippen LogP contribution >= 0.6 is 0 Å². The fourth-order valence-electron chi connectivity index (χ4n) is 2.87. The van der Waals surface area contributed by atoms with Crippen LogP contribution in [0.25, 0.3) is 0 Å². The Kier molecular flexibility index (Phi) is 7.36. The molecule has 0 aliphatic rings. The third-order valence-corrected chi connectivity index (χ3v) is 4.14. The average molecular weight is 353 g/mol. The summed E-state index contributed by atoms with van der Waals surface area (Å²) in [6.45, 7) is 6.48. The van der Waals surface area contributed by atoms with Gasteiger partial charge in [-0.3, -0.25) is 15.4 Å². The van der Waals surface area contributed by atoms with Gasteiger partial charge in [0.25, 0.3) is 0 Å². The molecule has 0 fully saturated rings. The highest BCUT2D eigenvalue weighted by molar-refractivity contribution is 5.97. The normalized spacial score (nSPS) is 13.1. The molecular formula is C21H27N3O2. The minimum Gasteiger partial charge on any atom is -0.338 e. The summed E-state index contributed by atoms with van der Waals surface area (Å²) in [6.07, 6.45) is 0. The third-order valence-electron chi connectivity index (χ3n) is 4.14. The first-order chi connectivity index (χ1) is 12.5. The Morgan fingerprint density at radius 2 is 1.42 bits per heavy atom. The molecule has 0 unspecified atom stereocenters. The third kappa shape index (κ3) is 5.43. The number of urea groups is 1. The molecule has 0 aliphatic carbocycles. The van der Waals surface area contributed by atoms with Crippen LogP contribution in [0.15, 0.2) is 60.7 Å². The molecule has 0 saturated carbocycles. The van der Waals surface area contributed by atoms with Gasteiger partial charge in [0.15, 0.2) is 0 Å². The number of carbonyl (C=O) groups is 2. The minimum absolute atomic E-state index is 0.0265. The van der Waals surface area contributed by atoms with Crippen molar-refractivity contribution in [2.45, 2.75) is 32.9 Å². The Balaban J connectivity index is 2.28. The van der Waals surface area contributed by atoms with Gasteiger partial charge in [-0.25, -0.2) is 4.79 Å². The van der Waals surface area contributed by atoms with Gasteiger partial charge in [-0.15, -0.1) is 0 Å². The minimum atomic E-state index is -0.633. The van der Waals surface area contributed by atoms with Crippen molar-refractivity contribution in [3.05, 3.63) is 71.8 Å². The standard InChI is InChI=1S/C21H27N3O2/c1-4-22-21(26)24-20(25)19(17-13-9-6-10-14-17)23-18(15(2)3)16-11-7-5-8-12-16/h5-15,18-19,23H,4H2,1-3H3,(H2,22,24,25,26)/t18-,19+/m0/s1. The van der Waals surface area contributed by atoms with Crippen molar-refractivity contribution in [1.29, 1.82) is 0 Å². The Bertz CT molecular complexity index is 702. The summed E-state index contributed by atoms with van der Waals surface area (Å²) in [5.74, 6) is -0.107. The average Bonchev–Trinajstić information content (AvgIpc) is 2.63. The highest BCUT2D eigenvalue weighted by Crippen LogP contribution is 2.26. The van der Waals surface area contributed by atoms with Crippen LogP contribution in [0.3, 0.4) is 0 Å². The van der Waals surface area contributed by atoms with Crippen molar-refractivity contribution in [3.8, 4) is 0 Å². The number of benzene rings is 2. The molecule has 0 bridgehead atoms. The van der Waals surface area contributed by atoms with Gasteiger partial charge in [0, 0.05) is 12.6 Å². The summed E-state index contributed by atoms with van der Waals surface area (Å²) in [5, 5.41) is 8.46. The van der Waals surface area contributed by atoms with Crippen LogP contribution in [0, 0.1) is 5.92 Å². The molecule has 3 N–H and O–H groups in total. The zero-order chi connectivity index (χ0) is 18.9. The maximum atomic E-state index is 12.8. The first-order valence-corrected chi connectivity index (χ1v) is 8.97. The van der Waals surface area contributed by atoms with Crippen molar-refractivity contribution < 1.29 is 9.59 Å². The van der Waals surface area contributed by atoms with Crippen LogP contribution in [0.4, 0.5) is 4.79 Å². The van der Waals surface area contributed by atoms with Crippen LogP contribution in [0.1, 0.15) is 44.0 Å². The number of amides is 3. The fourth-order valence-corrected chi connectivity index (χ4v) is 2.87. The predicted molar refractivity (Wildman–Crippen MR) is 104 cm³/mol. The van der Waals surface area contributed by atoms with Gasteiger partial charge in [-0.1, -0.05) is 74.5 Å². The molecular weight excluding hydrogens is 326 g/mol. The van der Waals surface area contributed by atoms with Crippen LogP contribution < -0.4 is 16.0 Å². The summed E-state index contributed by atoms with van der Waals surface area (Å²) < 4.78 is 0. The number of hydrogen-bond acceptors (Lipinski definition) is 3. The maximum absolute atomic E-state index is 12.8. The lowest BCUT2D eigenvalue weighted by Crippen LogP contribution is -2.46. The highest BCUT2D eigenvalue weighted by atomic mass is 16.2. The number of hydrogen-bond donors (Lipinski definition) is 3. The second-order valence-electron chi connectivity index (χ2n) is 6.49. The largest absolute Gasteiger partial charge is 0.338 e. The second-order valence-corrected chi connectivity index (χ2v) is 6.49. The summed E-state index contributed by atoms with van der Waals surface area (Å²) in [7, 11) is 0. The molecule has 0 spiro atoms. The first kappa shape index (κ1) is 19.7. The second kappa shape index (κ2) is 9.73. The zero-order valence-electron chi connectivity index (χ0n) is 15.5. The van der Waals surface area contributed by atoms with Crippen molar-refractivity contribution in [3.63, 3.8) is 0 Å². The maximum Gasteiger partial charge on any atom is 0.321 e. The van der Waals surface area contributed by atoms with E-state index in [0.717, 1.165) is 11.1 Å². The van der Waals surface area contributed by atoms with E-state index in [1.165, 1.54) is 0 Å². The number of imide groups is 1. The van der Waals surface area contributed by atoms with Crippen molar-refractivity contribution in [1.82, 2.24) is 16.0 Å². The van der Waals surface area contributed by atoms with E-state index >= 15 is 0 Å². The topological polar surface area (TPSA) is 70.2 Å². The Morgan fingerprint density at radius 1 is 0.885 bits per heavy atom. The summed E-state index contributed by atoms with van der Waals surface area (Å²) in [5.41, 5.74) is 1.92. The Hall–Kier alpha value is -2.66. The van der Waals surface area contributed by atoms with Crippen LogP contribution in [0.2, 0.25) is 0 Å². The van der Waals surface area contributed by atoms with E-state index < -0.39 is 12.1 Å². The number of carbonyl (C=O) groups excluding carboxylic acids is 2. The van der Waals surface area contributed by atoms with Gasteiger partial charge >= 0.3 is 6.03 Å². The lowest BCUT2D eigenvalue weighted by Gasteiger charge is -2.28. The van der Waals surface area contributed by atoms with Crippen LogP contribution in [0.5, 0.6) is 0 Å². The van der Waals surface area contributed by atoms with E-state index in [1.807, 2.05) is 60.7 Å². The number of rotatable bonds is 7. The molecule has 26 heavy (non-hydrogen) atoms. The van der Waals surface area contributed by atoms with Gasteiger partial charge in [-0.2, -0.15) is 0 Å². The summed E-state index contributed by atoms with van der Waals surface area (Å²) in [4.78, 5) is 24.6. The van der Waals surface area contributed by atoms with Crippen molar-refractivity contribution in [2.24, 2.45) is 5.92 Å². The molecule has 5 nitrogen and oxygen atoms in total. The smallest absolute Gasteiger partial charge is 0.321 e. The zero-order valence-corrected chi connectivity index (χ0v) is 15.5. The first-order valence-electron chi connectivity index (χ1n) is 8.97. The van der Waals surface area contributed by atoms with E-state index in [4.69, 9.17) is 0 Å². The highest BCUT2D eigenvalue weighted by Gasteiger charge is 2.27. The molecule has 0 aliphatic heterocycles. The Labute approximate surface area is 155 Å². The summed E-state index contributed by atoms with van der Waals surface area (Å²) >= 11 is 0. The van der Waals surface area contributed by atoms with Gasteiger partial charge in [0.1, 0.15) is 6.04 Å². The molecule has 2 aromatic carbocycles. The molecule has 5 heteroatoms. The molecule has 138 valence electrons. The lowest BCUT2D eigenvalue weighted by molar-refractivity contribution is -0.122. The molecule has 0 heterocycles. The molecule has 2 atom stereocenters. The van der Waals surface area contributed by atoms with Gasteiger partial charge in [0.05, 0.1) is 0 Å². The molecule has 2 rings (SSSR count). The molecule has 3 amide bonds. The molecule has 0 aromatic heterocycles. The van der Waals surface area contributed by atoms with Gasteiger partial charge < -0.3 is 5.32 Å². The van der Waals surface area contributed by atoms with Gasteiger partial charge in [0.2, 0.25) is 5.91 Å². The number of nitrogens with one attached hydrogen (secondary N) is 3. The van der Waals surface area contributed by atoms with E-state index in [1.54, 1.807) is 6.92 Å². The van der Waals surface area contributed by atoms with E-state index in [2.05, 4.69) is 29.8 Å². The Morgan fingerprint density at radius 3 is 1.92 bits per heavy atom. The predicted octanol–water partition coefficient (Wildman–Crippen LogP) is 3.56. The quantitative estimate of drug-likeness (QED) is 0.713. The van der Waals surface area contributed by atoms with Crippen LogP contribution in [-0.2, 0) is 4.79 Å². The summed E-state index contributed by atoms with van der Waals surface area (Å²) in [6, 6.07) is 18.3. The van der Waals surface area contributed by atoms with E-state index in [-0.39, 0.29) is 17.9 Å².